The van der Waals surface area contributed by atoms with Crippen LogP contribution < -0.4 is 0 Å². The van der Waals surface area contributed by atoms with Crippen molar-refractivity contribution in [1.29, 1.82) is 0 Å². The van der Waals surface area contributed by atoms with Gasteiger partial charge in [-0.05, 0) is 94.5 Å². The second kappa shape index (κ2) is 25.4. The van der Waals surface area contributed by atoms with Crippen LogP contribution in [0.3, 0.4) is 0 Å². The van der Waals surface area contributed by atoms with Crippen molar-refractivity contribution in [3.8, 4) is 0 Å². The van der Waals surface area contributed by atoms with Crippen molar-refractivity contribution in [2.24, 2.45) is 29.6 Å². The molecule has 1 aliphatic carbocycles. The maximum Gasteiger partial charge on any atom is 0.306 e. The summed E-state index contributed by atoms with van der Waals surface area (Å²) >= 11 is 0. The lowest BCUT2D eigenvalue weighted by molar-refractivity contribution is -0.153. The summed E-state index contributed by atoms with van der Waals surface area (Å²) in [5.74, 6) is 1.06. The van der Waals surface area contributed by atoms with E-state index in [1.54, 1.807) is 7.11 Å². The minimum atomic E-state index is -0.781. The molecular weight excluding hydrogens is 596 g/mol. The molecule has 0 bridgehead atoms. The number of ketones is 1. The molecule has 1 aliphatic rings. The average molecular weight is 667 g/mol. The molecule has 0 spiro atoms. The van der Waals surface area contributed by atoms with E-state index in [1.165, 1.54) is 0 Å². The Morgan fingerprint density at radius 1 is 0.979 bits per heavy atom. The number of methoxy groups -OCH3 is 1. The fourth-order valence-corrected chi connectivity index (χ4v) is 6.87. The summed E-state index contributed by atoms with van der Waals surface area (Å²) in [7, 11) is 1.74. The number of ether oxygens (including phenoxy) is 4. The number of esters is 1. The summed E-state index contributed by atoms with van der Waals surface area (Å²) < 4.78 is 23.4. The van der Waals surface area contributed by atoms with Gasteiger partial charge >= 0.3 is 5.97 Å². The van der Waals surface area contributed by atoms with Crippen LogP contribution in [-0.2, 0) is 28.5 Å². The van der Waals surface area contributed by atoms with Gasteiger partial charge in [0.15, 0.2) is 0 Å². The maximum absolute atomic E-state index is 12.8. The maximum atomic E-state index is 12.8. The summed E-state index contributed by atoms with van der Waals surface area (Å²) in [6.07, 6.45) is 15.0. The molecule has 1 fully saturated rings. The Morgan fingerprint density at radius 2 is 1.72 bits per heavy atom. The van der Waals surface area contributed by atoms with E-state index < -0.39 is 6.10 Å². The molecule has 47 heavy (non-hydrogen) atoms. The molecular formula is C39H70O8. The van der Waals surface area contributed by atoms with Crippen molar-refractivity contribution in [3.05, 3.63) is 23.8 Å². The number of hydrogen-bond acceptors (Lipinski definition) is 8. The van der Waals surface area contributed by atoms with Crippen molar-refractivity contribution < 1.29 is 38.7 Å². The highest BCUT2D eigenvalue weighted by molar-refractivity contribution is 5.81. The quantitative estimate of drug-likeness (QED) is 0.0551. The van der Waals surface area contributed by atoms with E-state index in [1.807, 2.05) is 26.8 Å². The normalized spacial score (nSPS) is 22.9. The minimum Gasteiger partial charge on any atom is -0.462 e. The minimum absolute atomic E-state index is 0.0101. The number of hydrogen-bond donors (Lipinski definition) is 2. The van der Waals surface area contributed by atoms with Gasteiger partial charge in [-0.3, -0.25) is 9.59 Å². The molecule has 274 valence electrons. The van der Waals surface area contributed by atoms with Crippen molar-refractivity contribution in [3.63, 3.8) is 0 Å². The van der Waals surface area contributed by atoms with Gasteiger partial charge in [-0.25, -0.2) is 0 Å². The summed E-state index contributed by atoms with van der Waals surface area (Å²) in [5.41, 5.74) is 0.824. The fraction of sp³-hybridized carbons (Fsp3) is 0.846. The van der Waals surface area contributed by atoms with Crippen LogP contribution in [0, 0.1) is 29.6 Å². The van der Waals surface area contributed by atoms with Gasteiger partial charge in [0.1, 0.15) is 11.9 Å². The summed E-state index contributed by atoms with van der Waals surface area (Å²) in [5, 5.41) is 19.7. The number of rotatable bonds is 26. The van der Waals surface area contributed by atoms with Crippen LogP contribution in [0.1, 0.15) is 126 Å². The Morgan fingerprint density at radius 3 is 2.38 bits per heavy atom. The van der Waals surface area contributed by atoms with Crippen LogP contribution in [0.15, 0.2) is 23.8 Å². The van der Waals surface area contributed by atoms with Crippen LogP contribution >= 0.6 is 0 Å². The molecule has 0 aromatic carbocycles. The Labute approximate surface area is 287 Å². The number of allylic oxidation sites excluding steroid dienone is 3. The molecule has 0 unspecified atom stereocenters. The lowest BCUT2D eigenvalue weighted by Crippen LogP contribution is -2.39. The van der Waals surface area contributed by atoms with Crippen molar-refractivity contribution in [2.75, 3.05) is 33.5 Å². The van der Waals surface area contributed by atoms with E-state index in [9.17, 15) is 14.7 Å². The molecule has 0 saturated heterocycles. The molecule has 2 N–H and O–H groups in total. The second-order valence-corrected chi connectivity index (χ2v) is 14.2. The van der Waals surface area contributed by atoms with Crippen molar-refractivity contribution in [2.45, 2.75) is 150 Å². The summed E-state index contributed by atoms with van der Waals surface area (Å²) in [6.45, 7) is 15.7. The summed E-state index contributed by atoms with van der Waals surface area (Å²) in [6, 6.07) is 0. The lowest BCUT2D eigenvalue weighted by atomic mass is 9.78. The Bertz CT molecular complexity index is 901. The number of Topliss-reactive ketones (excluding diaryl/α,β-unsaturated/α-hetero) is 1. The zero-order valence-electron chi connectivity index (χ0n) is 31.1. The van der Waals surface area contributed by atoms with Gasteiger partial charge in [-0.15, -0.1) is 0 Å². The van der Waals surface area contributed by atoms with Crippen LogP contribution in [0.4, 0.5) is 0 Å². The van der Waals surface area contributed by atoms with Crippen LogP contribution in [0.2, 0.25) is 0 Å². The molecule has 0 radical (unpaired) electrons. The first-order valence-electron chi connectivity index (χ1n) is 18.5. The zero-order valence-corrected chi connectivity index (χ0v) is 31.1. The fourth-order valence-electron chi connectivity index (χ4n) is 6.87. The largest absolute Gasteiger partial charge is 0.462 e. The highest BCUT2D eigenvalue weighted by Crippen LogP contribution is 2.35. The molecule has 9 atom stereocenters. The third-order valence-corrected chi connectivity index (χ3v) is 9.71. The van der Waals surface area contributed by atoms with Gasteiger partial charge in [0, 0.05) is 25.9 Å². The predicted molar refractivity (Wildman–Crippen MR) is 189 cm³/mol. The number of aliphatic hydroxyl groups excluding tert-OH is 2. The SMILES string of the molecule is C/C=C/[C@@H](C)C[C@@H](C)C(=O)C[C@H](O)/C(C)=C/[C@@H](C)CC[C@H](OC(=O)CCCCC)[C@H](C)C[C@@H]1CC[C@@H](OCCOCCO)[C@H](OC)C1. The topological polar surface area (TPSA) is 112 Å². The van der Waals surface area contributed by atoms with E-state index in [0.29, 0.717) is 38.1 Å². The number of aliphatic hydroxyl groups is 2. The van der Waals surface area contributed by atoms with E-state index >= 15 is 0 Å². The number of carbonyl (C=O) groups excluding carboxylic acids is 2. The first-order chi connectivity index (χ1) is 22.4. The Kier molecular flexibility index (Phi) is 23.5. The van der Waals surface area contributed by atoms with Crippen LogP contribution in [-0.4, -0.2) is 79.9 Å². The molecule has 0 aromatic rings. The van der Waals surface area contributed by atoms with Crippen LogP contribution in [0.5, 0.6) is 0 Å². The third-order valence-electron chi connectivity index (χ3n) is 9.71. The van der Waals surface area contributed by atoms with Gasteiger partial charge in [0.05, 0.1) is 44.7 Å². The van der Waals surface area contributed by atoms with Crippen LogP contribution in [0.25, 0.3) is 0 Å². The molecule has 0 aliphatic heterocycles. The third kappa shape index (κ3) is 18.7. The molecule has 0 aromatic heterocycles. The number of unbranched alkanes of at least 4 members (excludes halogenated alkanes) is 2. The average Bonchev–Trinajstić information content (AvgIpc) is 3.03. The highest BCUT2D eigenvalue weighted by atomic mass is 16.6. The smallest absolute Gasteiger partial charge is 0.306 e. The first-order valence-corrected chi connectivity index (χ1v) is 18.5. The van der Waals surface area contributed by atoms with E-state index in [2.05, 4.69) is 39.8 Å². The van der Waals surface area contributed by atoms with E-state index in [4.69, 9.17) is 24.1 Å². The molecule has 8 nitrogen and oxygen atoms in total. The molecule has 0 amide bonds. The Balaban J connectivity index is 2.78. The number of carbonyl (C=O) groups is 2. The molecule has 1 rings (SSSR count). The second-order valence-electron chi connectivity index (χ2n) is 14.2. The predicted octanol–water partition coefficient (Wildman–Crippen LogP) is 7.64. The molecule has 0 heterocycles. The first kappa shape index (κ1) is 43.4. The van der Waals surface area contributed by atoms with E-state index in [0.717, 1.165) is 69.8 Å². The summed E-state index contributed by atoms with van der Waals surface area (Å²) in [4.78, 5) is 25.6. The zero-order chi connectivity index (χ0) is 35.2. The van der Waals surface area contributed by atoms with Crippen molar-refractivity contribution in [1.82, 2.24) is 0 Å². The van der Waals surface area contributed by atoms with Gasteiger partial charge in [-0.1, -0.05) is 65.7 Å². The van der Waals surface area contributed by atoms with Gasteiger partial charge in [0.25, 0.3) is 0 Å². The van der Waals surface area contributed by atoms with Crippen molar-refractivity contribution >= 4 is 11.8 Å². The van der Waals surface area contributed by atoms with Gasteiger partial charge in [0.2, 0.25) is 0 Å². The Hall–Kier alpha value is -1.58. The molecule has 8 heteroatoms. The van der Waals surface area contributed by atoms with E-state index in [-0.39, 0.29) is 60.8 Å². The molecule has 1 saturated carbocycles. The lowest BCUT2D eigenvalue weighted by Gasteiger charge is -2.37. The standard InChI is InChI=1S/C39H70O8/c1-9-11-12-14-39(43)47-36(32(7)25-33-16-18-37(38(26-33)44-8)46-22-21-45-20-19-40)17-15-29(4)24-31(6)35(42)27-34(41)30(5)23-28(3)13-10-2/h10,13,24,28-30,32-33,35-38,40,42H,9,11-12,14-23,25-27H2,1-8H3/b13-10+,31-24+/t28-,29+,30-,32-,33+,35+,36+,37-,38-/m1/s1. The highest BCUT2D eigenvalue weighted by Gasteiger charge is 2.34. The monoisotopic (exact) mass is 667 g/mol. The van der Waals surface area contributed by atoms with Gasteiger partial charge in [-0.2, -0.15) is 0 Å². The van der Waals surface area contributed by atoms with Gasteiger partial charge < -0.3 is 29.2 Å².